The fourth-order valence-electron chi connectivity index (χ4n) is 2.97. The van der Waals surface area contributed by atoms with Crippen LogP contribution in [-0.4, -0.2) is 26.8 Å². The van der Waals surface area contributed by atoms with Crippen molar-refractivity contribution in [3.8, 4) is 5.75 Å². The molecule has 3 rings (SSSR count). The number of carboxylic acids is 1. The Morgan fingerprint density at radius 1 is 1.19 bits per heavy atom. The summed E-state index contributed by atoms with van der Waals surface area (Å²) in [6, 6.07) is 13.0. The molecule has 3 N–H and O–H groups in total. The zero-order valence-electron chi connectivity index (χ0n) is 13.9. The third-order valence-electron chi connectivity index (χ3n) is 4.26. The van der Waals surface area contributed by atoms with Crippen LogP contribution in [-0.2, 0) is 4.79 Å². The lowest BCUT2D eigenvalue weighted by Gasteiger charge is -2.16. The molecule has 0 aliphatic rings. The maximum atomic E-state index is 12.7. The van der Waals surface area contributed by atoms with E-state index in [1.807, 2.05) is 12.1 Å². The maximum absolute atomic E-state index is 12.7. The molecule has 1 unspecified atom stereocenters. The summed E-state index contributed by atoms with van der Waals surface area (Å²) in [6.07, 6.45) is 0.314. The molecule has 0 bridgehead atoms. The molecule has 26 heavy (non-hydrogen) atoms. The third-order valence-corrected chi connectivity index (χ3v) is 4.54. The molecule has 0 aliphatic heterocycles. The van der Waals surface area contributed by atoms with Gasteiger partial charge in [0.15, 0.2) is 0 Å². The van der Waals surface area contributed by atoms with Crippen molar-refractivity contribution in [1.29, 1.82) is 0 Å². The first-order valence-electron chi connectivity index (χ1n) is 8.06. The SMILES string of the molecule is CCC(C(=O)O)c1cccc(NC(=O)n2c(Cl)cc3ccccc32)c1O. The molecule has 0 fully saturated rings. The fraction of sp³-hybridized carbons (Fsp3) is 0.158. The van der Waals surface area contributed by atoms with Gasteiger partial charge in [0.2, 0.25) is 0 Å². The zero-order valence-corrected chi connectivity index (χ0v) is 14.7. The van der Waals surface area contributed by atoms with Gasteiger partial charge in [0.05, 0.1) is 17.1 Å². The number of carbonyl (C=O) groups excluding carboxylic acids is 1. The number of phenolic OH excluding ortho intramolecular Hbond substituents is 1. The van der Waals surface area contributed by atoms with Gasteiger partial charge < -0.3 is 15.5 Å². The standard InChI is InChI=1S/C19H17ClN2O4/c1-2-12(18(24)25)13-7-5-8-14(17(13)23)21-19(26)22-15-9-4-3-6-11(15)10-16(22)20/h3-10,12,23H,2H2,1H3,(H,21,26)(H,24,25). The molecular formula is C19H17ClN2O4. The number of phenols is 1. The topological polar surface area (TPSA) is 91.6 Å². The number of anilines is 1. The number of hydrogen-bond donors (Lipinski definition) is 3. The predicted molar refractivity (Wildman–Crippen MR) is 100 cm³/mol. The van der Waals surface area contributed by atoms with Crippen LogP contribution in [0.4, 0.5) is 10.5 Å². The number of rotatable bonds is 4. The minimum Gasteiger partial charge on any atom is -0.505 e. The van der Waals surface area contributed by atoms with E-state index in [0.29, 0.717) is 11.9 Å². The third kappa shape index (κ3) is 3.11. The number of aromatic nitrogens is 1. The highest BCUT2D eigenvalue weighted by Crippen LogP contribution is 2.35. The van der Waals surface area contributed by atoms with E-state index in [1.165, 1.54) is 16.7 Å². The number of aromatic hydroxyl groups is 1. The summed E-state index contributed by atoms with van der Waals surface area (Å²) < 4.78 is 1.29. The second kappa shape index (κ2) is 7.09. The number of benzene rings is 2. The molecule has 1 amide bonds. The largest absolute Gasteiger partial charge is 0.505 e. The molecular weight excluding hydrogens is 356 g/mol. The minimum absolute atomic E-state index is 0.126. The monoisotopic (exact) mass is 372 g/mol. The summed E-state index contributed by atoms with van der Waals surface area (Å²) in [4.78, 5) is 24.1. The number of para-hydroxylation sites is 2. The summed E-state index contributed by atoms with van der Waals surface area (Å²) in [6.45, 7) is 1.72. The van der Waals surface area contributed by atoms with E-state index in [1.54, 1.807) is 31.2 Å². The van der Waals surface area contributed by atoms with Crippen LogP contribution in [0.15, 0.2) is 48.5 Å². The van der Waals surface area contributed by atoms with E-state index in [4.69, 9.17) is 11.6 Å². The number of fused-ring (bicyclic) bond motifs is 1. The normalized spacial score (nSPS) is 12.1. The van der Waals surface area contributed by atoms with Crippen molar-refractivity contribution in [3.63, 3.8) is 0 Å². The van der Waals surface area contributed by atoms with E-state index in [0.717, 1.165) is 5.39 Å². The Balaban J connectivity index is 1.97. The molecule has 6 nitrogen and oxygen atoms in total. The zero-order chi connectivity index (χ0) is 18.8. The number of hydrogen-bond acceptors (Lipinski definition) is 3. The lowest BCUT2D eigenvalue weighted by atomic mass is 9.95. The van der Waals surface area contributed by atoms with Crippen LogP contribution in [0.1, 0.15) is 24.8 Å². The summed E-state index contributed by atoms with van der Waals surface area (Å²) in [5, 5.41) is 23.4. The van der Waals surface area contributed by atoms with Crippen molar-refractivity contribution in [2.24, 2.45) is 0 Å². The summed E-state index contributed by atoms with van der Waals surface area (Å²) >= 11 is 6.18. The van der Waals surface area contributed by atoms with Crippen LogP contribution in [0.2, 0.25) is 5.15 Å². The van der Waals surface area contributed by atoms with E-state index >= 15 is 0 Å². The number of halogens is 1. The van der Waals surface area contributed by atoms with Crippen LogP contribution in [0.25, 0.3) is 10.9 Å². The summed E-state index contributed by atoms with van der Waals surface area (Å²) in [5.41, 5.74) is 1.00. The van der Waals surface area contributed by atoms with Gasteiger partial charge in [-0.2, -0.15) is 0 Å². The first-order valence-corrected chi connectivity index (χ1v) is 8.43. The molecule has 0 spiro atoms. The number of nitrogens with one attached hydrogen (secondary N) is 1. The molecule has 0 saturated carbocycles. The van der Waals surface area contributed by atoms with Crippen molar-refractivity contribution in [2.75, 3.05) is 5.32 Å². The average Bonchev–Trinajstić information content (AvgIpc) is 2.94. The highest BCUT2D eigenvalue weighted by Gasteiger charge is 2.23. The van der Waals surface area contributed by atoms with Crippen molar-refractivity contribution in [2.45, 2.75) is 19.3 Å². The number of aliphatic carboxylic acids is 1. The van der Waals surface area contributed by atoms with Gasteiger partial charge in [0, 0.05) is 10.9 Å². The van der Waals surface area contributed by atoms with Crippen LogP contribution < -0.4 is 5.32 Å². The molecule has 3 aromatic rings. The molecule has 0 saturated heterocycles. The Bertz CT molecular complexity index is 996. The van der Waals surface area contributed by atoms with Gasteiger partial charge in [0.25, 0.3) is 0 Å². The molecule has 1 atom stereocenters. The van der Waals surface area contributed by atoms with Gasteiger partial charge in [-0.05, 0) is 24.6 Å². The maximum Gasteiger partial charge on any atom is 0.331 e. The molecule has 1 aromatic heterocycles. The van der Waals surface area contributed by atoms with Gasteiger partial charge >= 0.3 is 12.0 Å². The van der Waals surface area contributed by atoms with Crippen LogP contribution in [0, 0.1) is 0 Å². The van der Waals surface area contributed by atoms with Crippen molar-refractivity contribution >= 4 is 40.2 Å². The molecule has 0 radical (unpaired) electrons. The molecule has 7 heteroatoms. The van der Waals surface area contributed by atoms with Crippen molar-refractivity contribution < 1.29 is 19.8 Å². The molecule has 0 aliphatic carbocycles. The van der Waals surface area contributed by atoms with E-state index in [2.05, 4.69) is 5.32 Å². The Hall–Kier alpha value is -2.99. The predicted octanol–water partition coefficient (Wildman–Crippen LogP) is 4.66. The van der Waals surface area contributed by atoms with Gasteiger partial charge in [0.1, 0.15) is 10.9 Å². The van der Waals surface area contributed by atoms with Crippen LogP contribution in [0.3, 0.4) is 0 Å². The van der Waals surface area contributed by atoms with Crippen molar-refractivity contribution in [1.82, 2.24) is 4.57 Å². The summed E-state index contributed by atoms with van der Waals surface area (Å²) in [5.74, 6) is -2.16. The Morgan fingerprint density at radius 2 is 1.92 bits per heavy atom. The lowest BCUT2D eigenvalue weighted by Crippen LogP contribution is -2.20. The minimum atomic E-state index is -1.04. The van der Waals surface area contributed by atoms with Gasteiger partial charge in [-0.25, -0.2) is 4.79 Å². The molecule has 2 aromatic carbocycles. The first kappa shape index (κ1) is 17.8. The summed E-state index contributed by atoms with van der Waals surface area (Å²) in [7, 11) is 0. The Kier molecular flexibility index (Phi) is 4.86. The fourth-order valence-corrected chi connectivity index (χ4v) is 3.26. The van der Waals surface area contributed by atoms with Crippen LogP contribution in [0.5, 0.6) is 5.75 Å². The quantitative estimate of drug-likeness (QED) is 0.581. The number of carboxylic acid groups (broad SMARTS) is 1. The smallest absolute Gasteiger partial charge is 0.331 e. The second-order valence-electron chi connectivity index (χ2n) is 5.83. The van der Waals surface area contributed by atoms with Gasteiger partial charge in [-0.1, -0.05) is 48.9 Å². The first-order chi connectivity index (χ1) is 12.4. The van der Waals surface area contributed by atoms with E-state index in [9.17, 15) is 19.8 Å². The highest BCUT2D eigenvalue weighted by molar-refractivity contribution is 6.32. The van der Waals surface area contributed by atoms with Gasteiger partial charge in [-0.15, -0.1) is 0 Å². The average molecular weight is 373 g/mol. The molecule has 1 heterocycles. The lowest BCUT2D eigenvalue weighted by molar-refractivity contribution is -0.138. The number of nitrogens with zero attached hydrogens (tertiary/aromatic N) is 1. The van der Waals surface area contributed by atoms with E-state index in [-0.39, 0.29) is 22.2 Å². The Labute approximate surface area is 154 Å². The molecule has 134 valence electrons. The van der Waals surface area contributed by atoms with Gasteiger partial charge in [-0.3, -0.25) is 9.36 Å². The highest BCUT2D eigenvalue weighted by atomic mass is 35.5. The number of carbonyl (C=O) groups is 2. The number of amides is 1. The Morgan fingerprint density at radius 3 is 2.62 bits per heavy atom. The second-order valence-corrected chi connectivity index (χ2v) is 6.22. The van der Waals surface area contributed by atoms with Crippen molar-refractivity contribution in [3.05, 3.63) is 59.2 Å². The van der Waals surface area contributed by atoms with Crippen LogP contribution >= 0.6 is 11.6 Å². The van der Waals surface area contributed by atoms with E-state index < -0.39 is 17.9 Å².